The van der Waals surface area contributed by atoms with Crippen molar-refractivity contribution in [1.29, 1.82) is 0 Å². The number of hydrogen-bond donors (Lipinski definition) is 0. The zero-order chi connectivity index (χ0) is 24.4. The molecule has 5 heteroatoms. The highest BCUT2D eigenvalue weighted by molar-refractivity contribution is 6.04. The molecular formula is C31H32N2O3. The van der Waals surface area contributed by atoms with Crippen LogP contribution in [-0.4, -0.2) is 28.7 Å². The second-order valence-electron chi connectivity index (χ2n) is 10.4. The Morgan fingerprint density at radius 1 is 0.611 bits per heavy atom. The Morgan fingerprint density at radius 2 is 1.00 bits per heavy atom. The van der Waals surface area contributed by atoms with Crippen LogP contribution in [0.2, 0.25) is 0 Å². The van der Waals surface area contributed by atoms with E-state index in [0.29, 0.717) is 23.3 Å². The molecule has 0 radical (unpaired) electrons. The molecule has 2 aromatic carbocycles. The average Bonchev–Trinajstić information content (AvgIpc) is 3.44. The van der Waals surface area contributed by atoms with E-state index < -0.39 is 11.1 Å². The van der Waals surface area contributed by atoms with Crippen LogP contribution in [0.5, 0.6) is 0 Å². The summed E-state index contributed by atoms with van der Waals surface area (Å²) in [6.45, 7) is 0. The summed E-state index contributed by atoms with van der Waals surface area (Å²) in [5, 5.41) is 0. The van der Waals surface area contributed by atoms with Crippen LogP contribution in [0.1, 0.15) is 75.3 Å². The van der Waals surface area contributed by atoms with Crippen LogP contribution in [0.15, 0.2) is 94.3 Å². The molecule has 0 aromatic heterocycles. The maximum absolute atomic E-state index is 13.5. The van der Waals surface area contributed by atoms with E-state index in [9.17, 15) is 4.79 Å². The predicted octanol–water partition coefficient (Wildman–Crippen LogP) is 6.68. The van der Waals surface area contributed by atoms with Gasteiger partial charge in [0.05, 0.1) is 0 Å². The summed E-state index contributed by atoms with van der Waals surface area (Å²) in [7, 11) is 0. The maximum Gasteiger partial charge on any atom is 0.222 e. The lowest BCUT2D eigenvalue weighted by atomic mass is 9.80. The van der Waals surface area contributed by atoms with E-state index in [1.807, 2.05) is 60.7 Å². The average molecular weight is 481 g/mol. The number of ether oxygens (including phenoxy) is 2. The van der Waals surface area contributed by atoms with Gasteiger partial charge in [0, 0.05) is 23.3 Å². The number of rotatable bonds is 4. The van der Waals surface area contributed by atoms with Crippen LogP contribution in [0.4, 0.5) is 0 Å². The normalized spacial score (nSPS) is 24.4. The van der Waals surface area contributed by atoms with Gasteiger partial charge in [0.1, 0.15) is 22.6 Å². The molecule has 0 amide bonds. The number of ketones is 1. The highest BCUT2D eigenvalue weighted by Gasteiger charge is 2.45. The van der Waals surface area contributed by atoms with Crippen LogP contribution >= 0.6 is 0 Å². The number of aliphatic imine (C=N–C) groups is 2. The summed E-state index contributed by atoms with van der Waals surface area (Å²) in [6.07, 6.45) is 13.6. The van der Waals surface area contributed by atoms with Crippen molar-refractivity contribution >= 4 is 17.6 Å². The van der Waals surface area contributed by atoms with Gasteiger partial charge in [0.2, 0.25) is 11.8 Å². The number of carbonyl (C=O) groups is 1. The van der Waals surface area contributed by atoms with Gasteiger partial charge in [-0.1, -0.05) is 74.9 Å². The Labute approximate surface area is 212 Å². The van der Waals surface area contributed by atoms with Crippen molar-refractivity contribution in [1.82, 2.24) is 0 Å². The monoisotopic (exact) mass is 480 g/mol. The minimum atomic E-state index is -0.442. The Bertz CT molecular complexity index is 1150. The fourth-order valence-electron chi connectivity index (χ4n) is 5.97. The largest absolute Gasteiger partial charge is 0.440 e. The maximum atomic E-state index is 13.5. The molecule has 0 unspecified atom stereocenters. The first-order valence-corrected chi connectivity index (χ1v) is 13.3. The zero-order valence-corrected chi connectivity index (χ0v) is 20.6. The van der Waals surface area contributed by atoms with Gasteiger partial charge in [-0.3, -0.25) is 4.79 Å². The van der Waals surface area contributed by atoms with Crippen LogP contribution in [-0.2, 0) is 14.3 Å². The fraction of sp³-hybridized carbons (Fsp3) is 0.387. The van der Waals surface area contributed by atoms with Gasteiger partial charge in [-0.05, 0) is 49.9 Å². The van der Waals surface area contributed by atoms with E-state index in [2.05, 4.69) is 0 Å². The molecule has 5 nitrogen and oxygen atoms in total. The summed E-state index contributed by atoms with van der Waals surface area (Å²) in [4.78, 5) is 23.6. The van der Waals surface area contributed by atoms with E-state index in [0.717, 1.165) is 62.5 Å². The van der Waals surface area contributed by atoms with E-state index >= 15 is 0 Å². The smallest absolute Gasteiger partial charge is 0.222 e. The third kappa shape index (κ3) is 4.32. The molecule has 6 rings (SSSR count). The van der Waals surface area contributed by atoms with Crippen molar-refractivity contribution in [3.05, 3.63) is 95.5 Å². The first-order valence-electron chi connectivity index (χ1n) is 13.3. The summed E-state index contributed by atoms with van der Waals surface area (Å²) in [5.41, 5.74) is 1.00. The Kier molecular flexibility index (Phi) is 6.08. The van der Waals surface area contributed by atoms with Gasteiger partial charge >= 0.3 is 0 Å². The zero-order valence-electron chi connectivity index (χ0n) is 20.6. The summed E-state index contributed by atoms with van der Waals surface area (Å²) >= 11 is 0. The van der Waals surface area contributed by atoms with Crippen LogP contribution in [0.3, 0.4) is 0 Å². The van der Waals surface area contributed by atoms with E-state index in [1.165, 1.54) is 12.8 Å². The molecule has 184 valence electrons. The Hall–Kier alpha value is -3.47. The van der Waals surface area contributed by atoms with Crippen LogP contribution < -0.4 is 0 Å². The molecule has 0 N–H and O–H groups in total. The van der Waals surface area contributed by atoms with Crippen molar-refractivity contribution < 1.29 is 14.3 Å². The quantitative estimate of drug-likeness (QED) is 0.459. The summed E-state index contributed by atoms with van der Waals surface area (Å²) in [5.74, 6) is 2.44. The lowest BCUT2D eigenvalue weighted by Gasteiger charge is -2.30. The molecule has 2 saturated carbocycles. The highest BCUT2D eigenvalue weighted by Crippen LogP contribution is 2.45. The first kappa shape index (κ1) is 23.0. The minimum absolute atomic E-state index is 0.121. The number of hydrogen-bond acceptors (Lipinski definition) is 5. The number of nitrogens with zero attached hydrogens (tertiary/aromatic N) is 2. The molecule has 0 atom stereocenters. The fourth-order valence-corrected chi connectivity index (χ4v) is 5.97. The van der Waals surface area contributed by atoms with Crippen molar-refractivity contribution in [3.63, 3.8) is 0 Å². The van der Waals surface area contributed by atoms with Crippen molar-refractivity contribution in [2.45, 2.75) is 75.3 Å². The minimum Gasteiger partial charge on any atom is -0.440 e. The third-order valence-electron chi connectivity index (χ3n) is 7.91. The van der Waals surface area contributed by atoms with Gasteiger partial charge < -0.3 is 9.47 Å². The molecule has 0 saturated heterocycles. The van der Waals surface area contributed by atoms with Gasteiger partial charge in [-0.2, -0.15) is 0 Å². The summed E-state index contributed by atoms with van der Waals surface area (Å²) in [6, 6.07) is 19.9. The predicted molar refractivity (Wildman–Crippen MR) is 141 cm³/mol. The molecule has 2 heterocycles. The lowest BCUT2D eigenvalue weighted by Crippen LogP contribution is -2.30. The van der Waals surface area contributed by atoms with Crippen LogP contribution in [0.25, 0.3) is 0 Å². The summed E-state index contributed by atoms with van der Waals surface area (Å²) < 4.78 is 12.6. The number of allylic oxidation sites excluding steroid dienone is 2. The molecule has 4 aliphatic rings. The van der Waals surface area contributed by atoms with Gasteiger partial charge in [0.15, 0.2) is 5.78 Å². The molecular weight excluding hydrogens is 448 g/mol. The molecule has 2 aliphatic carbocycles. The van der Waals surface area contributed by atoms with Crippen molar-refractivity contribution in [2.75, 3.05) is 0 Å². The van der Waals surface area contributed by atoms with Gasteiger partial charge in [0.25, 0.3) is 0 Å². The second-order valence-corrected chi connectivity index (χ2v) is 10.4. The lowest BCUT2D eigenvalue weighted by molar-refractivity contribution is -0.110. The van der Waals surface area contributed by atoms with E-state index in [-0.39, 0.29) is 5.78 Å². The molecule has 2 aliphatic heterocycles. The molecule has 36 heavy (non-hydrogen) atoms. The standard InChI is InChI=1S/C31H32N2O3/c34-25(21-26-30(17-9-3-10-18-30)32-28(35-26)23-13-5-1-6-14-23)22-27-31(19-11-4-12-20-31)33-29(36-27)24-15-7-2-8-16-24/h1-2,5-8,13-16,21-22H,3-4,9-12,17-20H2/b26-21-,27-22-. The molecule has 0 bridgehead atoms. The molecule has 2 fully saturated rings. The van der Waals surface area contributed by atoms with Crippen molar-refractivity contribution in [2.24, 2.45) is 9.98 Å². The topological polar surface area (TPSA) is 60.2 Å². The third-order valence-corrected chi connectivity index (χ3v) is 7.91. The number of benzene rings is 2. The molecule has 2 spiro atoms. The van der Waals surface area contributed by atoms with E-state index in [4.69, 9.17) is 19.5 Å². The second kappa shape index (κ2) is 9.53. The van der Waals surface area contributed by atoms with Crippen molar-refractivity contribution in [3.8, 4) is 0 Å². The van der Waals surface area contributed by atoms with E-state index in [1.54, 1.807) is 12.2 Å². The Balaban J connectivity index is 1.31. The first-order chi connectivity index (χ1) is 17.7. The molecule has 2 aromatic rings. The Morgan fingerprint density at radius 3 is 1.39 bits per heavy atom. The van der Waals surface area contributed by atoms with Gasteiger partial charge in [-0.15, -0.1) is 0 Å². The number of carbonyl (C=O) groups excluding carboxylic acids is 1. The SMILES string of the molecule is O=C(/C=C1\OC(c2ccccc2)=NC12CCCCC2)/C=C1\OC(c2ccccc2)=NC12CCCCC2. The highest BCUT2D eigenvalue weighted by atomic mass is 16.5. The van der Waals surface area contributed by atoms with Crippen LogP contribution in [0, 0.1) is 0 Å². The van der Waals surface area contributed by atoms with Gasteiger partial charge in [-0.25, -0.2) is 9.98 Å².